The van der Waals surface area contributed by atoms with Gasteiger partial charge in [0.1, 0.15) is 11.5 Å². The molecule has 38 heavy (non-hydrogen) atoms. The summed E-state index contributed by atoms with van der Waals surface area (Å²) in [7, 11) is -0.626. The van der Waals surface area contributed by atoms with E-state index in [-0.39, 0.29) is 22.8 Å². The van der Waals surface area contributed by atoms with Crippen LogP contribution in [-0.4, -0.2) is 62.7 Å². The van der Waals surface area contributed by atoms with E-state index in [1.165, 1.54) is 25.3 Å². The van der Waals surface area contributed by atoms with E-state index < -0.39 is 10.0 Å². The minimum atomic E-state index is -3.71. The van der Waals surface area contributed by atoms with Crippen LogP contribution >= 0.6 is 0 Å². The molecule has 2 aromatic carbocycles. The van der Waals surface area contributed by atoms with Crippen LogP contribution in [0.5, 0.6) is 11.5 Å². The van der Waals surface area contributed by atoms with Crippen LogP contribution in [0.3, 0.4) is 0 Å². The number of carbonyl (C=O) groups is 1. The van der Waals surface area contributed by atoms with Gasteiger partial charge in [-0.3, -0.25) is 9.69 Å². The number of benzene rings is 2. The number of nitrogens with zero attached hydrogens (tertiary/aromatic N) is 3. The van der Waals surface area contributed by atoms with Gasteiger partial charge in [-0.15, -0.1) is 0 Å². The zero-order valence-electron chi connectivity index (χ0n) is 21.9. The molecule has 11 nitrogen and oxygen atoms in total. The topological polar surface area (TPSA) is 136 Å². The molecule has 1 aliphatic rings. The van der Waals surface area contributed by atoms with Gasteiger partial charge in [0.25, 0.3) is 0 Å². The van der Waals surface area contributed by atoms with Crippen molar-refractivity contribution in [3.63, 3.8) is 0 Å². The van der Waals surface area contributed by atoms with Gasteiger partial charge in [-0.2, -0.15) is 4.98 Å². The van der Waals surface area contributed by atoms with Crippen molar-refractivity contribution in [2.75, 3.05) is 32.6 Å². The number of amides is 1. The van der Waals surface area contributed by atoms with Gasteiger partial charge in [0, 0.05) is 17.5 Å². The Morgan fingerprint density at radius 2 is 1.82 bits per heavy atom. The Morgan fingerprint density at radius 1 is 1.11 bits per heavy atom. The lowest BCUT2D eigenvalue weighted by Gasteiger charge is -2.30. The normalized spacial score (nSPS) is 15.0. The monoisotopic (exact) mass is 543 g/mol. The Morgan fingerprint density at radius 3 is 2.45 bits per heavy atom. The zero-order valence-corrected chi connectivity index (χ0v) is 22.7. The van der Waals surface area contributed by atoms with Crippen molar-refractivity contribution >= 4 is 21.6 Å². The summed E-state index contributed by atoms with van der Waals surface area (Å²) < 4.78 is 43.7. The number of nitrogens with one attached hydrogen (secondary N) is 2. The predicted molar refractivity (Wildman–Crippen MR) is 141 cm³/mol. The largest absolute Gasteiger partial charge is 0.497 e. The maximum absolute atomic E-state index is 13.0. The average molecular weight is 544 g/mol. The van der Waals surface area contributed by atoms with E-state index in [2.05, 4.69) is 25.1 Å². The molecule has 12 heteroatoms. The first-order valence-corrected chi connectivity index (χ1v) is 13.9. The highest BCUT2D eigenvalue weighted by Crippen LogP contribution is 2.29. The van der Waals surface area contributed by atoms with Crippen LogP contribution in [0.1, 0.15) is 32.6 Å². The van der Waals surface area contributed by atoms with E-state index in [1.807, 2.05) is 24.3 Å². The highest BCUT2D eigenvalue weighted by molar-refractivity contribution is 7.89. The first-order valence-electron chi connectivity index (χ1n) is 12.4. The highest BCUT2D eigenvalue weighted by atomic mass is 32.2. The van der Waals surface area contributed by atoms with Gasteiger partial charge in [0.05, 0.1) is 31.3 Å². The molecule has 1 aromatic heterocycles. The van der Waals surface area contributed by atoms with Crippen molar-refractivity contribution in [1.29, 1.82) is 0 Å². The summed E-state index contributed by atoms with van der Waals surface area (Å²) in [5, 5.41) is 6.94. The molecule has 1 saturated heterocycles. The lowest BCUT2D eigenvalue weighted by Crippen LogP contribution is -2.38. The van der Waals surface area contributed by atoms with E-state index in [0.29, 0.717) is 55.6 Å². The maximum atomic E-state index is 13.0. The Kier molecular flexibility index (Phi) is 8.65. The number of carbonyl (C=O) groups excluding carboxylic acids is 1. The van der Waals surface area contributed by atoms with E-state index in [0.717, 1.165) is 11.3 Å². The van der Waals surface area contributed by atoms with Crippen molar-refractivity contribution in [2.45, 2.75) is 44.2 Å². The minimum absolute atomic E-state index is 0.0608. The number of rotatable bonds is 10. The lowest BCUT2D eigenvalue weighted by atomic mass is 9.96. The standard InChI is InChI=1S/C26H33N5O6S/c1-17(2)30-38(33,34)21-9-10-23(36-4)22(15-21)27-26(32)19-11-13-31(14-12-19)16-24-28-25(29-37-24)18-5-7-20(35-3)8-6-18/h5-10,15,17,19,30H,11-14,16H2,1-4H3,(H,27,32). The van der Waals surface area contributed by atoms with Gasteiger partial charge in [0.2, 0.25) is 27.6 Å². The summed E-state index contributed by atoms with van der Waals surface area (Å²) in [6, 6.07) is 11.6. The molecular weight excluding hydrogens is 510 g/mol. The summed E-state index contributed by atoms with van der Waals surface area (Å²) in [6.07, 6.45) is 1.28. The number of ether oxygens (including phenoxy) is 2. The second-order valence-corrected chi connectivity index (χ2v) is 11.1. The number of sulfonamides is 1. The third kappa shape index (κ3) is 6.69. The van der Waals surface area contributed by atoms with Gasteiger partial charge < -0.3 is 19.3 Å². The molecule has 2 N–H and O–H groups in total. The molecule has 0 unspecified atom stereocenters. The number of hydrogen-bond donors (Lipinski definition) is 2. The van der Waals surface area contributed by atoms with Crippen LogP contribution in [0.4, 0.5) is 5.69 Å². The SMILES string of the molecule is COc1ccc(-c2noc(CN3CCC(C(=O)Nc4cc(S(=O)(=O)NC(C)C)ccc4OC)CC3)n2)cc1. The van der Waals surface area contributed by atoms with Crippen LogP contribution in [-0.2, 0) is 21.4 Å². The Bertz CT molecular complexity index is 1350. The van der Waals surface area contributed by atoms with Gasteiger partial charge in [0.15, 0.2) is 0 Å². The summed E-state index contributed by atoms with van der Waals surface area (Å²) in [5.74, 6) is 1.78. The zero-order chi connectivity index (χ0) is 27.3. The second-order valence-electron chi connectivity index (χ2n) is 9.42. The van der Waals surface area contributed by atoms with E-state index >= 15 is 0 Å². The molecule has 1 fully saturated rings. The minimum Gasteiger partial charge on any atom is -0.497 e. The van der Waals surface area contributed by atoms with Gasteiger partial charge >= 0.3 is 0 Å². The Balaban J connectivity index is 1.34. The predicted octanol–water partition coefficient (Wildman–Crippen LogP) is 3.29. The van der Waals surface area contributed by atoms with Crippen molar-refractivity contribution in [1.82, 2.24) is 19.8 Å². The number of hydrogen-bond acceptors (Lipinski definition) is 9. The van der Waals surface area contributed by atoms with Crippen LogP contribution in [0.15, 0.2) is 51.9 Å². The van der Waals surface area contributed by atoms with Crippen molar-refractivity contribution < 1.29 is 27.2 Å². The molecule has 3 aromatic rings. The first-order chi connectivity index (χ1) is 18.2. The van der Waals surface area contributed by atoms with E-state index in [1.54, 1.807) is 21.0 Å². The number of methoxy groups -OCH3 is 2. The van der Waals surface area contributed by atoms with Crippen molar-refractivity contribution in [2.24, 2.45) is 5.92 Å². The highest BCUT2D eigenvalue weighted by Gasteiger charge is 2.27. The molecule has 0 saturated carbocycles. The first kappa shape index (κ1) is 27.6. The van der Waals surface area contributed by atoms with Crippen LogP contribution in [0.25, 0.3) is 11.4 Å². The Labute approximate surface area is 222 Å². The molecule has 2 heterocycles. The van der Waals surface area contributed by atoms with Crippen molar-refractivity contribution in [3.05, 3.63) is 48.4 Å². The molecule has 0 radical (unpaired) electrons. The third-order valence-electron chi connectivity index (χ3n) is 6.26. The quantitative estimate of drug-likeness (QED) is 0.395. The van der Waals surface area contributed by atoms with Crippen LogP contribution < -0.4 is 19.5 Å². The molecular formula is C26H33N5O6S. The third-order valence-corrected chi connectivity index (χ3v) is 7.92. The molecule has 0 aliphatic carbocycles. The summed E-state index contributed by atoms with van der Waals surface area (Å²) in [5.41, 5.74) is 1.16. The van der Waals surface area contributed by atoms with Crippen LogP contribution in [0.2, 0.25) is 0 Å². The second kappa shape index (κ2) is 11.9. The molecule has 0 atom stereocenters. The smallest absolute Gasteiger partial charge is 0.241 e. The number of anilines is 1. The van der Waals surface area contributed by atoms with Crippen LogP contribution in [0, 0.1) is 5.92 Å². The van der Waals surface area contributed by atoms with Gasteiger partial charge in [-0.05, 0) is 82.2 Å². The van der Waals surface area contributed by atoms with E-state index in [4.69, 9.17) is 14.0 Å². The number of aromatic nitrogens is 2. The summed E-state index contributed by atoms with van der Waals surface area (Å²) in [6.45, 7) is 5.35. The average Bonchev–Trinajstić information content (AvgIpc) is 3.36. The summed E-state index contributed by atoms with van der Waals surface area (Å²) in [4.78, 5) is 19.8. The fourth-order valence-electron chi connectivity index (χ4n) is 4.29. The maximum Gasteiger partial charge on any atom is 0.241 e. The number of piperidine rings is 1. The Hall–Kier alpha value is -3.48. The lowest BCUT2D eigenvalue weighted by molar-refractivity contribution is -0.121. The van der Waals surface area contributed by atoms with Crippen molar-refractivity contribution in [3.8, 4) is 22.9 Å². The summed E-state index contributed by atoms with van der Waals surface area (Å²) >= 11 is 0. The molecule has 4 rings (SSSR count). The molecule has 204 valence electrons. The number of likely N-dealkylation sites (tertiary alicyclic amines) is 1. The molecule has 1 aliphatic heterocycles. The molecule has 1 amide bonds. The van der Waals surface area contributed by atoms with E-state index in [9.17, 15) is 13.2 Å². The van der Waals surface area contributed by atoms with Gasteiger partial charge in [-0.1, -0.05) is 5.16 Å². The molecule has 0 bridgehead atoms. The molecule has 0 spiro atoms. The fourth-order valence-corrected chi connectivity index (χ4v) is 5.56. The fraction of sp³-hybridized carbons (Fsp3) is 0.423. The van der Waals surface area contributed by atoms with Gasteiger partial charge in [-0.25, -0.2) is 13.1 Å².